The highest BCUT2D eigenvalue weighted by Crippen LogP contribution is 2.34. The fraction of sp³-hybridized carbons (Fsp3) is 0.240. The molecule has 0 bridgehead atoms. The number of fused-ring (bicyclic) bond motifs is 2. The molecule has 170 valence electrons. The van der Waals surface area contributed by atoms with E-state index in [1.807, 2.05) is 0 Å². The third-order valence-corrected chi connectivity index (χ3v) is 5.67. The predicted molar refractivity (Wildman–Crippen MR) is 118 cm³/mol. The Morgan fingerprint density at radius 3 is 2.52 bits per heavy atom. The van der Waals surface area contributed by atoms with Crippen molar-refractivity contribution in [3.8, 4) is 11.1 Å². The molecule has 0 saturated carbocycles. The average molecular weight is 450 g/mol. The Balaban J connectivity index is 1.74. The van der Waals surface area contributed by atoms with Gasteiger partial charge in [0, 0.05) is 22.4 Å². The SMILES string of the molecule is CCC[C@@H](NC(=O)Cc1c(C)c2cc3c(-c4ccc(F)cc4)coc3cc2oc1=O)C(=O)[O-]. The van der Waals surface area contributed by atoms with Gasteiger partial charge in [-0.2, -0.15) is 0 Å². The second-order valence-corrected chi connectivity index (χ2v) is 7.90. The van der Waals surface area contributed by atoms with Crippen molar-refractivity contribution in [2.45, 2.75) is 39.2 Å². The third kappa shape index (κ3) is 4.37. The van der Waals surface area contributed by atoms with E-state index >= 15 is 0 Å². The molecule has 0 aliphatic carbocycles. The number of nitrogens with one attached hydrogen (secondary N) is 1. The zero-order valence-corrected chi connectivity index (χ0v) is 18.1. The van der Waals surface area contributed by atoms with E-state index in [9.17, 15) is 23.9 Å². The first kappa shape index (κ1) is 22.3. The van der Waals surface area contributed by atoms with Gasteiger partial charge in [0.05, 0.1) is 30.3 Å². The van der Waals surface area contributed by atoms with E-state index in [0.717, 1.165) is 16.5 Å². The number of aliphatic carboxylic acids is 1. The zero-order chi connectivity index (χ0) is 23.7. The number of aryl methyl sites for hydroxylation is 1. The molecular weight excluding hydrogens is 429 g/mol. The number of carboxylic acid groups (broad SMARTS) is 1. The highest BCUT2D eigenvalue weighted by Gasteiger charge is 2.19. The number of hydrogen-bond donors (Lipinski definition) is 1. The van der Waals surface area contributed by atoms with E-state index in [1.54, 1.807) is 44.4 Å². The van der Waals surface area contributed by atoms with E-state index in [0.29, 0.717) is 28.5 Å². The van der Waals surface area contributed by atoms with Crippen LogP contribution in [0.3, 0.4) is 0 Å². The lowest BCUT2D eigenvalue weighted by Gasteiger charge is -2.19. The fourth-order valence-corrected chi connectivity index (χ4v) is 3.91. The van der Waals surface area contributed by atoms with Gasteiger partial charge in [-0.15, -0.1) is 0 Å². The minimum Gasteiger partial charge on any atom is -0.548 e. The van der Waals surface area contributed by atoms with E-state index < -0.39 is 23.5 Å². The van der Waals surface area contributed by atoms with Crippen LogP contribution in [0.15, 0.2) is 56.3 Å². The minimum absolute atomic E-state index is 0.139. The topological polar surface area (TPSA) is 113 Å². The van der Waals surface area contributed by atoms with Crippen LogP contribution in [0.5, 0.6) is 0 Å². The molecule has 0 saturated heterocycles. The molecule has 0 spiro atoms. The lowest BCUT2D eigenvalue weighted by molar-refractivity contribution is -0.308. The number of furan rings is 1. The lowest BCUT2D eigenvalue weighted by Crippen LogP contribution is -2.48. The molecular formula is C25H21FNO6-. The smallest absolute Gasteiger partial charge is 0.340 e. The monoisotopic (exact) mass is 450 g/mol. The van der Waals surface area contributed by atoms with Crippen LogP contribution in [0.1, 0.15) is 30.9 Å². The average Bonchev–Trinajstić information content (AvgIpc) is 3.18. The summed E-state index contributed by atoms with van der Waals surface area (Å²) in [7, 11) is 0. The maximum Gasteiger partial charge on any atom is 0.340 e. The van der Waals surface area contributed by atoms with Crippen LogP contribution in [0.25, 0.3) is 33.1 Å². The van der Waals surface area contributed by atoms with Gasteiger partial charge >= 0.3 is 5.63 Å². The summed E-state index contributed by atoms with van der Waals surface area (Å²) in [4.78, 5) is 36.3. The molecule has 33 heavy (non-hydrogen) atoms. The summed E-state index contributed by atoms with van der Waals surface area (Å²) in [5.41, 5.74) is 2.30. The predicted octanol–water partition coefficient (Wildman–Crippen LogP) is 3.23. The van der Waals surface area contributed by atoms with Crippen LogP contribution in [-0.2, 0) is 16.0 Å². The second kappa shape index (κ2) is 8.90. The molecule has 1 atom stereocenters. The van der Waals surface area contributed by atoms with Gasteiger partial charge in [-0.3, -0.25) is 4.79 Å². The van der Waals surface area contributed by atoms with Crippen LogP contribution < -0.4 is 16.0 Å². The Morgan fingerprint density at radius 2 is 1.85 bits per heavy atom. The van der Waals surface area contributed by atoms with E-state index in [1.165, 1.54) is 12.1 Å². The molecule has 0 aliphatic rings. The van der Waals surface area contributed by atoms with Crippen LogP contribution in [-0.4, -0.2) is 17.9 Å². The minimum atomic E-state index is -1.37. The summed E-state index contributed by atoms with van der Waals surface area (Å²) in [5, 5.41) is 15.0. The highest BCUT2D eigenvalue weighted by molar-refractivity contribution is 6.02. The van der Waals surface area contributed by atoms with Crippen molar-refractivity contribution in [2.75, 3.05) is 0 Å². The van der Waals surface area contributed by atoms with Gasteiger partial charge in [0.25, 0.3) is 0 Å². The van der Waals surface area contributed by atoms with Crippen molar-refractivity contribution in [1.29, 1.82) is 0 Å². The number of benzene rings is 2. The molecule has 2 aromatic carbocycles. The summed E-state index contributed by atoms with van der Waals surface area (Å²) < 4.78 is 24.4. The van der Waals surface area contributed by atoms with Crippen molar-refractivity contribution in [1.82, 2.24) is 5.32 Å². The van der Waals surface area contributed by atoms with Crippen LogP contribution >= 0.6 is 0 Å². The van der Waals surface area contributed by atoms with Crippen molar-refractivity contribution < 1.29 is 27.9 Å². The summed E-state index contributed by atoms with van der Waals surface area (Å²) >= 11 is 0. The Kier molecular flexibility index (Phi) is 6.00. The van der Waals surface area contributed by atoms with E-state index in [4.69, 9.17) is 8.83 Å². The third-order valence-electron chi connectivity index (χ3n) is 5.67. The van der Waals surface area contributed by atoms with E-state index in [-0.39, 0.29) is 24.2 Å². The maximum absolute atomic E-state index is 13.3. The van der Waals surface area contributed by atoms with Gasteiger partial charge in [0.2, 0.25) is 5.91 Å². The molecule has 0 unspecified atom stereocenters. The van der Waals surface area contributed by atoms with Gasteiger partial charge in [-0.25, -0.2) is 9.18 Å². The summed E-state index contributed by atoms with van der Waals surface area (Å²) in [6.07, 6.45) is 2.00. The Labute approximate surface area is 187 Å². The van der Waals surface area contributed by atoms with Crippen molar-refractivity contribution in [3.63, 3.8) is 0 Å². The molecule has 1 N–H and O–H groups in total. The summed E-state index contributed by atoms with van der Waals surface area (Å²) in [5.74, 6) is -2.33. The molecule has 0 aliphatic heterocycles. The fourth-order valence-electron chi connectivity index (χ4n) is 3.91. The largest absolute Gasteiger partial charge is 0.548 e. The maximum atomic E-state index is 13.3. The van der Waals surface area contributed by atoms with Gasteiger partial charge in [-0.1, -0.05) is 25.5 Å². The first-order valence-corrected chi connectivity index (χ1v) is 10.5. The number of carbonyl (C=O) groups excluding carboxylic acids is 2. The molecule has 2 heterocycles. The number of rotatable bonds is 7. The highest BCUT2D eigenvalue weighted by atomic mass is 19.1. The number of amides is 1. The number of carbonyl (C=O) groups is 2. The zero-order valence-electron chi connectivity index (χ0n) is 18.1. The van der Waals surface area contributed by atoms with Crippen molar-refractivity contribution in [3.05, 3.63) is 70.0 Å². The summed E-state index contributed by atoms with van der Waals surface area (Å²) in [6.45, 7) is 3.49. The lowest BCUT2D eigenvalue weighted by atomic mass is 9.99. The first-order valence-electron chi connectivity index (χ1n) is 10.5. The molecule has 0 fully saturated rings. The standard InChI is InChI=1S/C25H22FNO6/c1-3-4-20(24(29)30)27-23(28)10-17-13(2)16-9-18-19(14-5-7-15(26)8-6-14)12-32-21(18)11-22(16)33-25(17)31/h5-9,11-12,20H,3-4,10H2,1-2H3,(H,27,28)(H,29,30)/p-1/t20-/m1/s1. The van der Waals surface area contributed by atoms with Crippen LogP contribution in [0.4, 0.5) is 4.39 Å². The molecule has 1 amide bonds. The van der Waals surface area contributed by atoms with Gasteiger partial charge in [-0.05, 0) is 42.7 Å². The van der Waals surface area contributed by atoms with E-state index in [2.05, 4.69) is 5.32 Å². The van der Waals surface area contributed by atoms with Gasteiger partial charge < -0.3 is 24.1 Å². The Morgan fingerprint density at radius 1 is 1.12 bits per heavy atom. The number of carboxylic acids is 1. The van der Waals surface area contributed by atoms with Gasteiger partial charge in [0.15, 0.2) is 0 Å². The number of hydrogen-bond acceptors (Lipinski definition) is 6. The van der Waals surface area contributed by atoms with Gasteiger partial charge in [0.1, 0.15) is 17.0 Å². The Hall–Kier alpha value is -3.94. The number of halogens is 1. The normalized spacial score (nSPS) is 12.2. The molecule has 2 aromatic heterocycles. The quantitative estimate of drug-likeness (QED) is 0.433. The molecule has 8 heteroatoms. The molecule has 4 aromatic rings. The van der Waals surface area contributed by atoms with Crippen LogP contribution in [0, 0.1) is 12.7 Å². The van der Waals surface area contributed by atoms with Crippen molar-refractivity contribution >= 4 is 33.8 Å². The van der Waals surface area contributed by atoms with Crippen LogP contribution in [0.2, 0.25) is 0 Å². The molecule has 7 nitrogen and oxygen atoms in total. The second-order valence-electron chi connectivity index (χ2n) is 7.90. The molecule has 4 rings (SSSR count). The first-order chi connectivity index (χ1) is 15.8. The Bertz CT molecular complexity index is 1420. The summed E-state index contributed by atoms with van der Waals surface area (Å²) in [6, 6.07) is 8.27. The molecule has 0 radical (unpaired) electrons. The van der Waals surface area contributed by atoms with Crippen molar-refractivity contribution in [2.24, 2.45) is 0 Å².